The number of nitrogens with zero attached hydrogens (tertiary/aromatic N) is 3. The summed E-state index contributed by atoms with van der Waals surface area (Å²) in [5.41, 5.74) is 5.53. The van der Waals surface area contributed by atoms with Crippen LogP contribution in [-0.2, 0) is 16.1 Å². The lowest BCUT2D eigenvalue weighted by molar-refractivity contribution is -0.139. The predicted molar refractivity (Wildman–Crippen MR) is 185 cm³/mol. The van der Waals surface area contributed by atoms with Gasteiger partial charge in [-0.05, 0) is 98.7 Å². The van der Waals surface area contributed by atoms with Gasteiger partial charge >= 0.3 is 5.97 Å². The van der Waals surface area contributed by atoms with Crippen molar-refractivity contribution in [1.82, 2.24) is 4.57 Å². The molecule has 9 heteroatoms. The van der Waals surface area contributed by atoms with Gasteiger partial charge in [0.15, 0.2) is 4.80 Å². The topological polar surface area (TPSA) is 73.1 Å². The van der Waals surface area contributed by atoms with Crippen LogP contribution in [0.2, 0.25) is 0 Å². The van der Waals surface area contributed by atoms with Crippen LogP contribution in [0.1, 0.15) is 56.0 Å². The third kappa shape index (κ3) is 6.68. The van der Waals surface area contributed by atoms with Crippen molar-refractivity contribution < 1.29 is 14.3 Å². The summed E-state index contributed by atoms with van der Waals surface area (Å²) in [6, 6.07) is 21.6. The third-order valence-electron chi connectivity index (χ3n) is 7.63. The van der Waals surface area contributed by atoms with Crippen LogP contribution >= 0.6 is 33.9 Å². The Labute approximate surface area is 275 Å². The highest BCUT2D eigenvalue weighted by Crippen LogP contribution is 2.31. The summed E-state index contributed by atoms with van der Waals surface area (Å²) in [6.07, 6.45) is 1.87. The van der Waals surface area contributed by atoms with Gasteiger partial charge in [-0.1, -0.05) is 53.3 Å². The molecule has 228 valence electrons. The maximum atomic E-state index is 14.1. The standard InChI is InChI=1S/C35H36IN3O4S/c1-6-38(7-2)28-18-15-26(29(20-28)43-21-24-11-16-27(36)17-12-24)19-30-33(40)39-32(25-13-9-22(4)10-14-25)31(34(41)42-8-3)23(5)37-35(39)44-30/h9-20,32H,6-8,21H2,1-5H3/b30-19-/t32-/m0/s1. The van der Waals surface area contributed by atoms with Crippen molar-refractivity contribution in [1.29, 1.82) is 0 Å². The molecule has 1 aliphatic heterocycles. The van der Waals surface area contributed by atoms with E-state index in [1.54, 1.807) is 18.4 Å². The van der Waals surface area contributed by atoms with E-state index in [0.717, 1.165) is 44.6 Å². The first-order valence-electron chi connectivity index (χ1n) is 14.8. The number of benzene rings is 3. The van der Waals surface area contributed by atoms with E-state index in [1.807, 2.05) is 49.4 Å². The molecular weight excluding hydrogens is 685 g/mol. The van der Waals surface area contributed by atoms with E-state index >= 15 is 0 Å². The number of ether oxygens (including phenoxy) is 2. The first-order chi connectivity index (χ1) is 21.2. The van der Waals surface area contributed by atoms with Gasteiger partial charge in [-0.15, -0.1) is 0 Å². The molecule has 4 aromatic rings. The summed E-state index contributed by atoms with van der Waals surface area (Å²) in [4.78, 5) is 34.8. The minimum Gasteiger partial charge on any atom is -0.488 e. The zero-order valence-corrected chi connectivity index (χ0v) is 28.6. The van der Waals surface area contributed by atoms with Gasteiger partial charge in [0.25, 0.3) is 5.56 Å². The van der Waals surface area contributed by atoms with E-state index in [0.29, 0.717) is 33.0 Å². The lowest BCUT2D eigenvalue weighted by Crippen LogP contribution is -2.39. The van der Waals surface area contributed by atoms with Crippen molar-refractivity contribution in [3.63, 3.8) is 0 Å². The zero-order valence-electron chi connectivity index (χ0n) is 25.6. The smallest absolute Gasteiger partial charge is 0.338 e. The van der Waals surface area contributed by atoms with Gasteiger partial charge in [-0.2, -0.15) is 0 Å². The average Bonchev–Trinajstić information content (AvgIpc) is 3.32. The Bertz CT molecular complexity index is 1870. The first kappa shape index (κ1) is 31.7. The molecule has 44 heavy (non-hydrogen) atoms. The number of carbonyl (C=O) groups excluding carboxylic acids is 1. The maximum Gasteiger partial charge on any atom is 0.338 e. The lowest BCUT2D eigenvalue weighted by atomic mass is 9.95. The molecule has 1 atom stereocenters. The van der Waals surface area contributed by atoms with Crippen molar-refractivity contribution in [3.05, 3.63) is 124 Å². The van der Waals surface area contributed by atoms with E-state index in [1.165, 1.54) is 11.3 Å². The fourth-order valence-corrected chi connectivity index (χ4v) is 6.69. The monoisotopic (exact) mass is 721 g/mol. The zero-order chi connectivity index (χ0) is 31.4. The van der Waals surface area contributed by atoms with Gasteiger partial charge in [0.2, 0.25) is 0 Å². The fraction of sp³-hybridized carbons (Fsp3) is 0.286. The van der Waals surface area contributed by atoms with Crippen LogP contribution in [-0.4, -0.2) is 30.2 Å². The molecule has 0 fully saturated rings. The molecule has 0 saturated heterocycles. The number of halogens is 1. The van der Waals surface area contributed by atoms with Crippen LogP contribution in [0.3, 0.4) is 0 Å². The Balaban J connectivity index is 1.63. The van der Waals surface area contributed by atoms with Crippen LogP contribution in [0.5, 0.6) is 5.75 Å². The molecule has 0 N–H and O–H groups in total. The fourth-order valence-electron chi connectivity index (χ4n) is 5.29. The third-order valence-corrected chi connectivity index (χ3v) is 9.33. The Morgan fingerprint density at radius 1 is 1.02 bits per heavy atom. The second-order valence-electron chi connectivity index (χ2n) is 10.5. The lowest BCUT2D eigenvalue weighted by Gasteiger charge is -2.24. The number of anilines is 1. The molecule has 0 unspecified atom stereocenters. The molecule has 0 radical (unpaired) electrons. The van der Waals surface area contributed by atoms with Crippen molar-refractivity contribution in [2.24, 2.45) is 4.99 Å². The minimum absolute atomic E-state index is 0.218. The summed E-state index contributed by atoms with van der Waals surface area (Å²) < 4.78 is 15.1. The van der Waals surface area contributed by atoms with E-state index in [-0.39, 0.29) is 12.2 Å². The van der Waals surface area contributed by atoms with Gasteiger partial charge in [0.1, 0.15) is 12.4 Å². The quantitative estimate of drug-likeness (QED) is 0.146. The number of carbonyl (C=O) groups is 1. The number of thiazole rings is 1. The molecule has 0 saturated carbocycles. The Kier molecular flexibility index (Phi) is 10.1. The van der Waals surface area contributed by atoms with Gasteiger partial charge < -0.3 is 14.4 Å². The molecule has 1 aliphatic rings. The van der Waals surface area contributed by atoms with Gasteiger partial charge in [0.05, 0.1) is 28.5 Å². The van der Waals surface area contributed by atoms with Crippen LogP contribution in [0, 0.1) is 10.5 Å². The SMILES string of the molecule is CCOC(=O)C1=C(C)N=c2s/c(=C\c3ccc(N(CC)CC)cc3OCc3ccc(I)cc3)c(=O)n2[C@H]1c1ccc(C)cc1. The maximum absolute atomic E-state index is 14.1. The number of aryl methyl sites for hydroxylation is 1. The predicted octanol–water partition coefficient (Wildman–Crippen LogP) is 6.14. The van der Waals surface area contributed by atoms with Crippen molar-refractivity contribution in [3.8, 4) is 5.75 Å². The minimum atomic E-state index is -0.644. The number of rotatable bonds is 10. The summed E-state index contributed by atoms with van der Waals surface area (Å²) in [5, 5.41) is 0. The molecule has 0 amide bonds. The number of aromatic nitrogens is 1. The van der Waals surface area contributed by atoms with Gasteiger partial charge in [0, 0.05) is 34.0 Å². The number of esters is 1. The van der Waals surface area contributed by atoms with Crippen LogP contribution in [0.4, 0.5) is 5.69 Å². The Morgan fingerprint density at radius 2 is 1.73 bits per heavy atom. The highest BCUT2D eigenvalue weighted by Gasteiger charge is 2.33. The Morgan fingerprint density at radius 3 is 2.39 bits per heavy atom. The van der Waals surface area contributed by atoms with Crippen LogP contribution in [0.25, 0.3) is 6.08 Å². The van der Waals surface area contributed by atoms with Gasteiger partial charge in [-0.25, -0.2) is 9.79 Å². The average molecular weight is 722 g/mol. The van der Waals surface area contributed by atoms with E-state index < -0.39 is 12.0 Å². The van der Waals surface area contributed by atoms with Gasteiger partial charge in [-0.3, -0.25) is 9.36 Å². The molecule has 0 aliphatic carbocycles. The second-order valence-corrected chi connectivity index (χ2v) is 12.8. The number of allylic oxidation sites excluding steroid dienone is 1. The van der Waals surface area contributed by atoms with Crippen molar-refractivity contribution in [2.45, 2.75) is 47.3 Å². The number of fused-ring (bicyclic) bond motifs is 1. The molecule has 0 bridgehead atoms. The molecule has 5 rings (SSSR count). The van der Waals surface area contributed by atoms with Crippen LogP contribution in [0.15, 0.2) is 87.8 Å². The number of hydrogen-bond acceptors (Lipinski definition) is 7. The van der Waals surface area contributed by atoms with Crippen molar-refractivity contribution in [2.75, 3.05) is 24.6 Å². The highest BCUT2D eigenvalue weighted by molar-refractivity contribution is 14.1. The second kappa shape index (κ2) is 13.9. The Hall–Kier alpha value is -3.70. The van der Waals surface area contributed by atoms with Crippen LogP contribution < -0.4 is 24.5 Å². The molecule has 2 heterocycles. The summed E-state index contributed by atoms with van der Waals surface area (Å²) >= 11 is 3.60. The summed E-state index contributed by atoms with van der Waals surface area (Å²) in [7, 11) is 0. The molecule has 1 aromatic heterocycles. The summed E-state index contributed by atoms with van der Waals surface area (Å²) in [5.74, 6) is 0.226. The van der Waals surface area contributed by atoms with E-state index in [9.17, 15) is 9.59 Å². The largest absolute Gasteiger partial charge is 0.488 e. The van der Waals surface area contributed by atoms with E-state index in [4.69, 9.17) is 14.5 Å². The normalized spacial score (nSPS) is 14.7. The highest BCUT2D eigenvalue weighted by atomic mass is 127. The van der Waals surface area contributed by atoms with E-state index in [2.05, 4.69) is 71.7 Å². The molecule has 0 spiro atoms. The first-order valence-corrected chi connectivity index (χ1v) is 16.7. The van der Waals surface area contributed by atoms with Crippen molar-refractivity contribution >= 4 is 51.7 Å². The molecule has 3 aromatic carbocycles. The molecule has 7 nitrogen and oxygen atoms in total. The number of hydrogen-bond donors (Lipinski definition) is 0. The summed E-state index contributed by atoms with van der Waals surface area (Å²) in [6.45, 7) is 12.2. The molecular formula is C35H36IN3O4S.